The second kappa shape index (κ2) is 7.07. The van der Waals surface area contributed by atoms with Crippen molar-refractivity contribution in [3.8, 4) is 11.3 Å². The van der Waals surface area contributed by atoms with E-state index in [0.29, 0.717) is 27.2 Å². The normalized spacial score (nSPS) is 10.6. The number of carbonyl (C=O) groups is 1. The molecular weight excluding hydrogens is 347 g/mol. The number of nitrogens with one attached hydrogen (secondary N) is 1. The van der Waals surface area contributed by atoms with Gasteiger partial charge in [0.15, 0.2) is 5.76 Å². The van der Waals surface area contributed by atoms with Gasteiger partial charge in [0.1, 0.15) is 0 Å². The summed E-state index contributed by atoms with van der Waals surface area (Å²) in [6.45, 7) is 1.90. The van der Waals surface area contributed by atoms with Crippen molar-refractivity contribution < 1.29 is 9.32 Å². The predicted molar refractivity (Wildman–Crippen MR) is 95.5 cm³/mol. The fourth-order valence-corrected chi connectivity index (χ4v) is 2.49. The van der Waals surface area contributed by atoms with Crippen LogP contribution in [0.15, 0.2) is 53.1 Å². The standard InChI is InChI=1S/C18H14Cl2N2O2/c1-11-2-7-14(8-16(11)20)21-18(23)10-15-9-17(24-22-15)12-3-5-13(19)6-4-12/h2-9H,10H2,1H3,(H,21,23). The Morgan fingerprint density at radius 2 is 1.88 bits per heavy atom. The van der Waals surface area contributed by atoms with E-state index in [4.69, 9.17) is 27.7 Å². The van der Waals surface area contributed by atoms with Crippen LogP contribution in [0.2, 0.25) is 10.0 Å². The first kappa shape index (κ1) is 16.6. The van der Waals surface area contributed by atoms with Crippen molar-refractivity contribution in [2.24, 2.45) is 0 Å². The number of rotatable bonds is 4. The maximum absolute atomic E-state index is 12.1. The molecule has 0 aliphatic heterocycles. The number of nitrogens with zero attached hydrogens (tertiary/aromatic N) is 1. The zero-order valence-corrected chi connectivity index (χ0v) is 14.4. The van der Waals surface area contributed by atoms with Gasteiger partial charge in [-0.2, -0.15) is 0 Å². The van der Waals surface area contributed by atoms with Crippen molar-refractivity contribution in [1.29, 1.82) is 0 Å². The third-order valence-corrected chi connectivity index (χ3v) is 4.14. The average molecular weight is 361 g/mol. The van der Waals surface area contributed by atoms with Crippen molar-refractivity contribution in [2.45, 2.75) is 13.3 Å². The van der Waals surface area contributed by atoms with Crippen LogP contribution in [0.1, 0.15) is 11.3 Å². The molecule has 0 aliphatic carbocycles. The van der Waals surface area contributed by atoms with Gasteiger partial charge >= 0.3 is 0 Å². The van der Waals surface area contributed by atoms with Crippen LogP contribution >= 0.6 is 23.2 Å². The molecule has 0 saturated heterocycles. The van der Waals surface area contributed by atoms with Gasteiger partial charge in [0, 0.05) is 27.4 Å². The summed E-state index contributed by atoms with van der Waals surface area (Å²) in [6.07, 6.45) is 0.114. The van der Waals surface area contributed by atoms with Crippen LogP contribution in [0.4, 0.5) is 5.69 Å². The van der Waals surface area contributed by atoms with Gasteiger partial charge in [0.05, 0.1) is 12.1 Å². The predicted octanol–water partition coefficient (Wildman–Crippen LogP) is 5.14. The topological polar surface area (TPSA) is 55.1 Å². The van der Waals surface area contributed by atoms with Crippen molar-refractivity contribution in [2.75, 3.05) is 5.32 Å². The summed E-state index contributed by atoms with van der Waals surface area (Å²) >= 11 is 11.9. The number of halogens is 2. The van der Waals surface area contributed by atoms with Crippen LogP contribution in [-0.4, -0.2) is 11.1 Å². The van der Waals surface area contributed by atoms with Crippen molar-refractivity contribution >= 4 is 34.8 Å². The zero-order chi connectivity index (χ0) is 17.1. The summed E-state index contributed by atoms with van der Waals surface area (Å²) in [5.74, 6) is 0.402. The van der Waals surface area contributed by atoms with E-state index in [0.717, 1.165) is 11.1 Å². The molecule has 1 heterocycles. The summed E-state index contributed by atoms with van der Waals surface area (Å²) in [6, 6.07) is 14.3. The van der Waals surface area contributed by atoms with Crippen molar-refractivity contribution in [1.82, 2.24) is 5.16 Å². The highest BCUT2D eigenvalue weighted by atomic mass is 35.5. The van der Waals surface area contributed by atoms with Gasteiger partial charge in [0.2, 0.25) is 5.91 Å². The molecule has 0 aliphatic rings. The number of hydrogen-bond donors (Lipinski definition) is 1. The van der Waals surface area contributed by atoms with E-state index in [9.17, 15) is 4.79 Å². The Bertz CT molecular complexity index is 873. The Morgan fingerprint density at radius 3 is 2.58 bits per heavy atom. The SMILES string of the molecule is Cc1ccc(NC(=O)Cc2cc(-c3ccc(Cl)cc3)on2)cc1Cl. The molecule has 0 bridgehead atoms. The van der Waals surface area contributed by atoms with E-state index in [1.165, 1.54) is 0 Å². The van der Waals surface area contributed by atoms with Crippen LogP contribution in [0.3, 0.4) is 0 Å². The minimum atomic E-state index is -0.189. The van der Waals surface area contributed by atoms with E-state index < -0.39 is 0 Å². The van der Waals surface area contributed by atoms with Crippen LogP contribution in [0, 0.1) is 6.92 Å². The number of aromatic nitrogens is 1. The number of benzene rings is 2. The van der Waals surface area contributed by atoms with Crippen LogP contribution in [0.5, 0.6) is 0 Å². The molecule has 0 spiro atoms. The van der Waals surface area contributed by atoms with Gasteiger partial charge in [-0.05, 0) is 48.9 Å². The molecule has 0 fully saturated rings. The number of carbonyl (C=O) groups excluding carboxylic acids is 1. The molecule has 1 N–H and O–H groups in total. The molecule has 0 saturated carbocycles. The Kier molecular flexibility index (Phi) is 4.88. The monoisotopic (exact) mass is 360 g/mol. The molecule has 1 aromatic heterocycles. The molecule has 3 rings (SSSR count). The highest BCUT2D eigenvalue weighted by Gasteiger charge is 2.11. The Hall–Kier alpha value is -2.30. The first-order valence-electron chi connectivity index (χ1n) is 7.29. The van der Waals surface area contributed by atoms with Gasteiger partial charge < -0.3 is 9.84 Å². The minimum absolute atomic E-state index is 0.114. The molecular formula is C18H14Cl2N2O2. The fraction of sp³-hybridized carbons (Fsp3) is 0.111. The van der Waals surface area contributed by atoms with Gasteiger partial charge in [-0.3, -0.25) is 4.79 Å². The number of hydrogen-bond acceptors (Lipinski definition) is 3. The van der Waals surface area contributed by atoms with Gasteiger partial charge in [-0.1, -0.05) is 34.4 Å². The lowest BCUT2D eigenvalue weighted by atomic mass is 10.1. The van der Waals surface area contributed by atoms with E-state index in [1.54, 1.807) is 30.3 Å². The van der Waals surface area contributed by atoms with E-state index in [2.05, 4.69) is 10.5 Å². The lowest BCUT2D eigenvalue weighted by Gasteiger charge is -2.05. The summed E-state index contributed by atoms with van der Waals surface area (Å²) in [5, 5.41) is 7.98. The largest absolute Gasteiger partial charge is 0.356 e. The molecule has 122 valence electrons. The molecule has 0 unspecified atom stereocenters. The molecule has 24 heavy (non-hydrogen) atoms. The quantitative estimate of drug-likeness (QED) is 0.700. The molecule has 0 atom stereocenters. The van der Waals surface area contributed by atoms with E-state index in [-0.39, 0.29) is 12.3 Å². The van der Waals surface area contributed by atoms with E-state index >= 15 is 0 Å². The first-order chi connectivity index (χ1) is 11.5. The summed E-state index contributed by atoms with van der Waals surface area (Å²) in [5.41, 5.74) is 3.01. The zero-order valence-electron chi connectivity index (χ0n) is 12.8. The average Bonchev–Trinajstić information content (AvgIpc) is 3.00. The number of amides is 1. The number of aryl methyl sites for hydroxylation is 1. The third-order valence-electron chi connectivity index (χ3n) is 3.48. The Labute approximate surface area is 149 Å². The highest BCUT2D eigenvalue weighted by Crippen LogP contribution is 2.23. The molecule has 6 heteroatoms. The Balaban J connectivity index is 1.66. The van der Waals surface area contributed by atoms with Crippen LogP contribution < -0.4 is 5.32 Å². The van der Waals surface area contributed by atoms with Crippen molar-refractivity contribution in [3.05, 3.63) is 69.8 Å². The maximum atomic E-state index is 12.1. The van der Waals surface area contributed by atoms with Gasteiger partial charge in [0.25, 0.3) is 0 Å². The Morgan fingerprint density at radius 1 is 1.12 bits per heavy atom. The highest BCUT2D eigenvalue weighted by molar-refractivity contribution is 6.31. The second-order valence-corrected chi connectivity index (χ2v) is 6.22. The maximum Gasteiger partial charge on any atom is 0.230 e. The summed E-state index contributed by atoms with van der Waals surface area (Å²) in [4.78, 5) is 12.1. The van der Waals surface area contributed by atoms with Crippen molar-refractivity contribution in [3.63, 3.8) is 0 Å². The second-order valence-electron chi connectivity index (χ2n) is 5.38. The summed E-state index contributed by atoms with van der Waals surface area (Å²) in [7, 11) is 0. The molecule has 4 nitrogen and oxygen atoms in total. The first-order valence-corrected chi connectivity index (χ1v) is 8.04. The lowest BCUT2D eigenvalue weighted by Crippen LogP contribution is -2.14. The molecule has 3 aromatic rings. The van der Waals surface area contributed by atoms with Gasteiger partial charge in [-0.25, -0.2) is 0 Å². The fourth-order valence-electron chi connectivity index (χ4n) is 2.19. The summed E-state index contributed by atoms with van der Waals surface area (Å²) < 4.78 is 5.28. The minimum Gasteiger partial charge on any atom is -0.356 e. The molecule has 2 aromatic carbocycles. The van der Waals surface area contributed by atoms with Gasteiger partial charge in [-0.15, -0.1) is 0 Å². The molecule has 0 radical (unpaired) electrons. The van der Waals surface area contributed by atoms with Crippen LogP contribution in [0.25, 0.3) is 11.3 Å². The van der Waals surface area contributed by atoms with Crippen LogP contribution in [-0.2, 0) is 11.2 Å². The molecule has 1 amide bonds. The smallest absolute Gasteiger partial charge is 0.230 e. The lowest BCUT2D eigenvalue weighted by molar-refractivity contribution is -0.115. The third kappa shape index (κ3) is 3.96. The number of anilines is 1. The van der Waals surface area contributed by atoms with E-state index in [1.807, 2.05) is 25.1 Å².